The summed E-state index contributed by atoms with van der Waals surface area (Å²) in [4.78, 5) is 19.8. The first-order chi connectivity index (χ1) is 14.4. The van der Waals surface area contributed by atoms with E-state index in [0.29, 0.717) is 16.6 Å². The first-order valence-electron chi connectivity index (χ1n) is 8.86. The van der Waals surface area contributed by atoms with Crippen molar-refractivity contribution < 1.29 is 27.6 Å². The highest BCUT2D eigenvalue weighted by molar-refractivity contribution is 6.05. The van der Waals surface area contributed by atoms with Crippen LogP contribution in [-0.4, -0.2) is 32.7 Å². The summed E-state index contributed by atoms with van der Waals surface area (Å²) < 4.78 is 43.2. The van der Waals surface area contributed by atoms with Crippen LogP contribution < -0.4 is 5.32 Å². The Bertz CT molecular complexity index is 1180. The van der Waals surface area contributed by atoms with Crippen LogP contribution in [0.5, 0.6) is 0 Å². The summed E-state index contributed by atoms with van der Waals surface area (Å²) in [6.45, 7) is -0.513. The number of aliphatic hydroxyl groups is 1. The summed E-state index contributed by atoms with van der Waals surface area (Å²) in [5.41, 5.74) is 0.521. The van der Waals surface area contributed by atoms with E-state index in [1.165, 1.54) is 12.1 Å². The molecule has 1 amide bonds. The van der Waals surface area contributed by atoms with Gasteiger partial charge in [-0.05, 0) is 24.3 Å². The lowest BCUT2D eigenvalue weighted by Crippen LogP contribution is -2.31. The number of hydrogen-bond donors (Lipinski definition) is 3. The smallest absolute Gasteiger partial charge is 0.394 e. The van der Waals surface area contributed by atoms with Crippen molar-refractivity contribution in [3.63, 3.8) is 0 Å². The molecule has 0 aliphatic carbocycles. The maximum absolute atomic E-state index is 12.7. The van der Waals surface area contributed by atoms with Crippen LogP contribution >= 0.6 is 0 Å². The highest BCUT2D eigenvalue weighted by atomic mass is 19.4. The number of aliphatic hydroxyl groups excluding tert-OH is 1. The second kappa shape index (κ2) is 7.64. The number of carbonyl (C=O) groups excluding carboxylic acids is 1. The van der Waals surface area contributed by atoms with Crippen LogP contribution in [0.15, 0.2) is 59.3 Å². The van der Waals surface area contributed by atoms with Crippen LogP contribution in [0.2, 0.25) is 0 Å². The molecule has 1 atom stereocenters. The zero-order chi connectivity index (χ0) is 21.3. The van der Waals surface area contributed by atoms with Gasteiger partial charge in [0.1, 0.15) is 6.04 Å². The third-order valence-electron chi connectivity index (χ3n) is 4.53. The standard InChI is InChI=1S/C20H15F3N4O3/c21-20(22,23)13-6-4-12(5-7-13)17-26-19(30-27-17)15(10-28)25-18(29)14-3-1-2-11-8-9-24-16(11)14/h1-9,15,24,28H,10H2,(H,25,29). The van der Waals surface area contributed by atoms with Crippen molar-refractivity contribution in [2.45, 2.75) is 12.2 Å². The fourth-order valence-corrected chi connectivity index (χ4v) is 3.00. The molecule has 0 spiro atoms. The first-order valence-corrected chi connectivity index (χ1v) is 8.86. The van der Waals surface area contributed by atoms with Gasteiger partial charge >= 0.3 is 6.18 Å². The van der Waals surface area contributed by atoms with Gasteiger partial charge in [-0.25, -0.2) is 0 Å². The van der Waals surface area contributed by atoms with E-state index in [0.717, 1.165) is 17.5 Å². The number of amides is 1. The Morgan fingerprint density at radius 3 is 2.63 bits per heavy atom. The number of aromatic nitrogens is 3. The molecule has 7 nitrogen and oxygen atoms in total. The monoisotopic (exact) mass is 416 g/mol. The van der Waals surface area contributed by atoms with Gasteiger partial charge in [0, 0.05) is 17.1 Å². The number of carbonyl (C=O) groups is 1. The Balaban J connectivity index is 1.54. The van der Waals surface area contributed by atoms with Crippen LogP contribution in [-0.2, 0) is 6.18 Å². The van der Waals surface area contributed by atoms with E-state index in [9.17, 15) is 23.1 Å². The molecular formula is C20H15F3N4O3. The van der Waals surface area contributed by atoms with Crippen molar-refractivity contribution in [2.75, 3.05) is 6.61 Å². The largest absolute Gasteiger partial charge is 0.416 e. The molecular weight excluding hydrogens is 401 g/mol. The molecule has 10 heteroatoms. The van der Waals surface area contributed by atoms with Gasteiger partial charge in [-0.1, -0.05) is 29.4 Å². The Kier molecular flexibility index (Phi) is 5.00. The molecule has 4 rings (SSSR count). The second-order valence-corrected chi connectivity index (χ2v) is 6.49. The minimum absolute atomic E-state index is 0.0397. The van der Waals surface area contributed by atoms with Crippen LogP contribution in [0.3, 0.4) is 0 Å². The van der Waals surface area contributed by atoms with E-state index in [4.69, 9.17) is 4.52 Å². The second-order valence-electron chi connectivity index (χ2n) is 6.49. The van der Waals surface area contributed by atoms with Crippen LogP contribution in [0.1, 0.15) is 27.9 Å². The molecule has 1 unspecified atom stereocenters. The lowest BCUT2D eigenvalue weighted by atomic mass is 10.1. The Labute approximate surface area is 167 Å². The van der Waals surface area contributed by atoms with Crippen molar-refractivity contribution in [1.29, 1.82) is 0 Å². The van der Waals surface area contributed by atoms with E-state index in [2.05, 4.69) is 20.4 Å². The number of aromatic amines is 1. The highest BCUT2D eigenvalue weighted by Gasteiger charge is 2.30. The average Bonchev–Trinajstić information content (AvgIpc) is 3.40. The number of alkyl halides is 3. The van der Waals surface area contributed by atoms with Gasteiger partial charge in [0.15, 0.2) is 0 Å². The number of fused-ring (bicyclic) bond motifs is 1. The third-order valence-corrected chi connectivity index (χ3v) is 4.53. The Morgan fingerprint density at radius 2 is 1.93 bits per heavy atom. The van der Waals surface area contributed by atoms with E-state index < -0.39 is 30.3 Å². The fourth-order valence-electron chi connectivity index (χ4n) is 3.00. The molecule has 154 valence electrons. The number of nitrogens with zero attached hydrogens (tertiary/aromatic N) is 2. The molecule has 0 fully saturated rings. The zero-order valence-electron chi connectivity index (χ0n) is 15.3. The predicted molar refractivity (Wildman–Crippen MR) is 100 cm³/mol. The SMILES string of the molecule is O=C(NC(CO)c1nc(-c2ccc(C(F)(F)F)cc2)no1)c1cccc2cc[nH]c12. The molecule has 0 aliphatic rings. The third kappa shape index (κ3) is 3.77. The average molecular weight is 416 g/mol. The van der Waals surface area contributed by atoms with Crippen molar-refractivity contribution in [2.24, 2.45) is 0 Å². The van der Waals surface area contributed by atoms with E-state index in [1.54, 1.807) is 18.3 Å². The molecule has 2 heterocycles. The van der Waals surface area contributed by atoms with Crippen molar-refractivity contribution in [1.82, 2.24) is 20.4 Å². The minimum atomic E-state index is -4.45. The molecule has 3 N–H and O–H groups in total. The van der Waals surface area contributed by atoms with Gasteiger partial charge in [-0.15, -0.1) is 0 Å². The number of halogens is 3. The van der Waals surface area contributed by atoms with Crippen molar-refractivity contribution in [3.05, 3.63) is 71.7 Å². The predicted octanol–water partition coefficient (Wildman–Crippen LogP) is 3.70. The summed E-state index contributed by atoms with van der Waals surface area (Å²) in [6, 6.07) is 10.3. The molecule has 0 radical (unpaired) electrons. The van der Waals surface area contributed by atoms with Gasteiger partial charge in [-0.2, -0.15) is 18.2 Å². The Hall–Kier alpha value is -3.66. The van der Waals surface area contributed by atoms with Crippen LogP contribution in [0.25, 0.3) is 22.3 Å². The quantitative estimate of drug-likeness (QED) is 0.460. The highest BCUT2D eigenvalue weighted by Crippen LogP contribution is 2.30. The minimum Gasteiger partial charge on any atom is -0.394 e. The summed E-state index contributed by atoms with van der Waals surface area (Å²) >= 11 is 0. The summed E-state index contributed by atoms with van der Waals surface area (Å²) in [5.74, 6) is -0.492. The van der Waals surface area contributed by atoms with Crippen molar-refractivity contribution >= 4 is 16.8 Å². The van der Waals surface area contributed by atoms with E-state index in [-0.39, 0.29) is 11.7 Å². The topological polar surface area (TPSA) is 104 Å². The number of benzene rings is 2. The lowest BCUT2D eigenvalue weighted by molar-refractivity contribution is -0.137. The molecule has 0 aliphatic heterocycles. The van der Waals surface area contributed by atoms with Gasteiger partial charge in [0.25, 0.3) is 11.8 Å². The molecule has 0 saturated carbocycles. The summed E-state index contributed by atoms with van der Waals surface area (Å²) in [6.07, 6.45) is -2.74. The number of H-pyrrole nitrogens is 1. The maximum Gasteiger partial charge on any atom is 0.416 e. The van der Waals surface area contributed by atoms with Crippen LogP contribution in [0.4, 0.5) is 13.2 Å². The lowest BCUT2D eigenvalue weighted by Gasteiger charge is -2.12. The first kappa shape index (κ1) is 19.6. The normalized spacial score (nSPS) is 12.8. The zero-order valence-corrected chi connectivity index (χ0v) is 15.3. The van der Waals surface area contributed by atoms with Gasteiger partial charge in [0.05, 0.1) is 23.3 Å². The van der Waals surface area contributed by atoms with Crippen LogP contribution in [0, 0.1) is 0 Å². The molecule has 30 heavy (non-hydrogen) atoms. The summed E-state index contributed by atoms with van der Waals surface area (Å²) in [7, 11) is 0. The van der Waals surface area contributed by atoms with Gasteiger partial charge < -0.3 is 19.9 Å². The van der Waals surface area contributed by atoms with E-state index >= 15 is 0 Å². The molecule has 0 saturated heterocycles. The number of para-hydroxylation sites is 1. The summed E-state index contributed by atoms with van der Waals surface area (Å²) in [5, 5.41) is 16.9. The molecule has 4 aromatic rings. The molecule has 0 bridgehead atoms. The number of nitrogens with one attached hydrogen (secondary N) is 2. The fraction of sp³-hybridized carbons (Fsp3) is 0.150. The number of rotatable bonds is 5. The maximum atomic E-state index is 12.7. The van der Waals surface area contributed by atoms with Gasteiger partial charge in [-0.3, -0.25) is 4.79 Å². The number of hydrogen-bond acceptors (Lipinski definition) is 5. The Morgan fingerprint density at radius 1 is 1.17 bits per heavy atom. The molecule has 2 aromatic carbocycles. The van der Waals surface area contributed by atoms with Crippen molar-refractivity contribution in [3.8, 4) is 11.4 Å². The van der Waals surface area contributed by atoms with E-state index in [1.807, 2.05) is 12.1 Å². The molecule has 2 aromatic heterocycles. The van der Waals surface area contributed by atoms with Gasteiger partial charge in [0.2, 0.25) is 5.82 Å².